The van der Waals surface area contributed by atoms with Crippen LogP contribution >= 0.6 is 23.2 Å². The van der Waals surface area contributed by atoms with Gasteiger partial charge in [-0.25, -0.2) is 13.8 Å². The summed E-state index contributed by atoms with van der Waals surface area (Å²) in [6.45, 7) is 3.50. The summed E-state index contributed by atoms with van der Waals surface area (Å²) in [7, 11) is 0. The SMILES string of the molecule is CC(C)(O)Cn1cc(C(=O)N[C@@H]2C[C@H](Nc3cc(C(F)F)nc4ccc(Cl)cc34)CC3(CC3)C2)c(Cl)n1. The fourth-order valence-corrected chi connectivity index (χ4v) is 5.81. The molecule has 3 aromatic rings. The number of aromatic nitrogens is 3. The lowest BCUT2D eigenvalue weighted by Crippen LogP contribution is -2.45. The average molecular weight is 552 g/mol. The molecule has 11 heteroatoms. The minimum absolute atomic E-state index is 0.0370. The first-order valence-electron chi connectivity index (χ1n) is 12.3. The summed E-state index contributed by atoms with van der Waals surface area (Å²) in [5, 5.41) is 22.0. The van der Waals surface area contributed by atoms with E-state index in [1.165, 1.54) is 10.7 Å². The Labute approximate surface area is 223 Å². The number of nitrogens with one attached hydrogen (secondary N) is 2. The number of carbonyl (C=O) groups is 1. The molecule has 7 nitrogen and oxygen atoms in total. The Balaban J connectivity index is 1.35. The van der Waals surface area contributed by atoms with Crippen LogP contribution in [-0.2, 0) is 6.54 Å². The molecule has 1 amide bonds. The van der Waals surface area contributed by atoms with Gasteiger partial charge >= 0.3 is 0 Å². The molecule has 5 rings (SSSR count). The van der Waals surface area contributed by atoms with E-state index in [-0.39, 0.29) is 46.4 Å². The van der Waals surface area contributed by atoms with Crippen LogP contribution in [0.1, 0.15) is 68.4 Å². The van der Waals surface area contributed by atoms with E-state index in [0.717, 1.165) is 25.7 Å². The highest BCUT2D eigenvalue weighted by atomic mass is 35.5. The predicted octanol–water partition coefficient (Wildman–Crippen LogP) is 5.99. The van der Waals surface area contributed by atoms with Gasteiger partial charge < -0.3 is 15.7 Å². The Morgan fingerprint density at radius 1 is 1.24 bits per heavy atom. The molecule has 0 bridgehead atoms. The molecule has 2 atom stereocenters. The maximum atomic E-state index is 13.6. The highest BCUT2D eigenvalue weighted by Gasteiger charge is 2.49. The van der Waals surface area contributed by atoms with Crippen LogP contribution in [0.4, 0.5) is 14.5 Å². The molecule has 2 fully saturated rings. The maximum Gasteiger partial charge on any atom is 0.280 e. The van der Waals surface area contributed by atoms with Gasteiger partial charge in [0.25, 0.3) is 12.3 Å². The molecule has 2 aliphatic rings. The van der Waals surface area contributed by atoms with Gasteiger partial charge in [-0.05, 0) is 75.6 Å². The van der Waals surface area contributed by atoms with Crippen LogP contribution < -0.4 is 10.6 Å². The summed E-state index contributed by atoms with van der Waals surface area (Å²) in [5.41, 5.74) is 0.0825. The zero-order valence-corrected chi connectivity index (χ0v) is 22.1. The quantitative estimate of drug-likeness (QED) is 0.335. The summed E-state index contributed by atoms with van der Waals surface area (Å²) in [4.78, 5) is 17.2. The average Bonchev–Trinajstić information content (AvgIpc) is 3.42. The van der Waals surface area contributed by atoms with Gasteiger partial charge in [-0.2, -0.15) is 5.10 Å². The van der Waals surface area contributed by atoms with Gasteiger partial charge in [0, 0.05) is 34.4 Å². The van der Waals surface area contributed by atoms with E-state index in [0.29, 0.717) is 28.0 Å². The van der Waals surface area contributed by atoms with Crippen molar-refractivity contribution in [2.45, 2.75) is 76.6 Å². The zero-order valence-electron chi connectivity index (χ0n) is 20.6. The first-order chi connectivity index (χ1) is 17.4. The number of anilines is 1. The van der Waals surface area contributed by atoms with E-state index in [1.807, 2.05) is 0 Å². The van der Waals surface area contributed by atoms with Crippen LogP contribution in [-0.4, -0.2) is 43.5 Å². The van der Waals surface area contributed by atoms with E-state index < -0.39 is 12.0 Å². The number of hydrogen-bond acceptors (Lipinski definition) is 5. The first-order valence-corrected chi connectivity index (χ1v) is 13.1. The van der Waals surface area contributed by atoms with Crippen molar-refractivity contribution >= 4 is 45.7 Å². The van der Waals surface area contributed by atoms with Gasteiger partial charge in [0.15, 0.2) is 5.15 Å². The molecule has 0 unspecified atom stereocenters. The lowest BCUT2D eigenvalue weighted by atomic mass is 9.79. The maximum absolute atomic E-state index is 13.6. The molecule has 2 saturated carbocycles. The van der Waals surface area contributed by atoms with Gasteiger partial charge in [-0.1, -0.05) is 23.2 Å². The van der Waals surface area contributed by atoms with E-state index in [9.17, 15) is 18.7 Å². The van der Waals surface area contributed by atoms with Crippen molar-refractivity contribution < 1.29 is 18.7 Å². The monoisotopic (exact) mass is 551 g/mol. The lowest BCUT2D eigenvalue weighted by Gasteiger charge is -2.37. The number of aliphatic hydroxyl groups is 1. The number of pyridine rings is 1. The highest BCUT2D eigenvalue weighted by molar-refractivity contribution is 6.32. The van der Waals surface area contributed by atoms with Crippen LogP contribution in [0, 0.1) is 5.41 Å². The molecule has 0 saturated heterocycles. The van der Waals surface area contributed by atoms with E-state index in [4.69, 9.17) is 23.2 Å². The molecule has 0 radical (unpaired) electrons. The fourth-order valence-electron chi connectivity index (χ4n) is 5.40. The first kappa shape index (κ1) is 26.1. The normalized spacial score (nSPS) is 21.0. The second kappa shape index (κ2) is 9.67. The molecule has 2 aromatic heterocycles. The van der Waals surface area contributed by atoms with Gasteiger partial charge in [0.05, 0.1) is 23.2 Å². The third kappa shape index (κ3) is 5.99. The number of rotatable bonds is 7. The van der Waals surface area contributed by atoms with Crippen molar-refractivity contribution in [3.8, 4) is 0 Å². The largest absolute Gasteiger partial charge is 0.389 e. The topological polar surface area (TPSA) is 92.1 Å². The Kier molecular flexibility index (Phi) is 6.83. The van der Waals surface area contributed by atoms with Crippen LogP contribution in [0.15, 0.2) is 30.5 Å². The standard InChI is InChI=1S/C26H29Cl2F2N5O2/c1-25(2,37)13-35-12-18(22(28)34-35)24(36)32-16-8-15(10-26(11-16)5-6-26)31-20-9-21(23(29)30)33-19-4-3-14(27)7-17(19)20/h3-4,7,9,12,15-16,23,37H,5-6,8,10-11,13H2,1-2H3,(H,31,33)(H,32,36)/t15-,16+/m0/s1. The second-order valence-electron chi connectivity index (χ2n) is 11.1. The smallest absolute Gasteiger partial charge is 0.280 e. The number of nitrogens with zero attached hydrogens (tertiary/aromatic N) is 3. The number of hydrogen-bond donors (Lipinski definition) is 3. The Morgan fingerprint density at radius 2 is 1.97 bits per heavy atom. The number of carbonyl (C=O) groups excluding carboxylic acids is 1. The van der Waals surface area contributed by atoms with Crippen molar-refractivity contribution in [2.24, 2.45) is 5.41 Å². The zero-order chi connectivity index (χ0) is 26.5. The molecule has 2 aliphatic carbocycles. The van der Waals surface area contributed by atoms with Crippen molar-refractivity contribution in [3.05, 3.63) is 51.9 Å². The van der Waals surface area contributed by atoms with Gasteiger partial charge in [0.2, 0.25) is 0 Å². The minimum Gasteiger partial charge on any atom is -0.389 e. The summed E-state index contributed by atoms with van der Waals surface area (Å²) < 4.78 is 28.6. The Morgan fingerprint density at radius 3 is 2.65 bits per heavy atom. The van der Waals surface area contributed by atoms with Crippen molar-refractivity contribution in [2.75, 3.05) is 5.32 Å². The van der Waals surface area contributed by atoms with Crippen molar-refractivity contribution in [3.63, 3.8) is 0 Å². The van der Waals surface area contributed by atoms with Crippen molar-refractivity contribution in [1.82, 2.24) is 20.1 Å². The highest BCUT2D eigenvalue weighted by Crippen LogP contribution is 2.56. The molecule has 2 heterocycles. The number of amides is 1. The van der Waals surface area contributed by atoms with Crippen molar-refractivity contribution in [1.29, 1.82) is 0 Å². The summed E-state index contributed by atoms with van der Waals surface area (Å²) >= 11 is 12.4. The molecule has 3 N–H and O–H groups in total. The number of alkyl halides is 2. The van der Waals surface area contributed by atoms with Gasteiger partial charge in [0.1, 0.15) is 5.69 Å². The summed E-state index contributed by atoms with van der Waals surface area (Å²) in [6, 6.07) is 6.23. The van der Waals surface area contributed by atoms with E-state index in [1.54, 1.807) is 38.2 Å². The van der Waals surface area contributed by atoms with Gasteiger partial charge in [-0.15, -0.1) is 0 Å². The Bertz CT molecular complexity index is 1340. The van der Waals surface area contributed by atoms with E-state index in [2.05, 4.69) is 20.7 Å². The third-order valence-corrected chi connectivity index (χ3v) is 7.62. The van der Waals surface area contributed by atoms with E-state index >= 15 is 0 Å². The second-order valence-corrected chi connectivity index (χ2v) is 11.9. The molecular weight excluding hydrogens is 523 g/mol. The van der Waals surface area contributed by atoms with Crippen LogP contribution in [0.5, 0.6) is 0 Å². The third-order valence-electron chi connectivity index (χ3n) is 7.10. The lowest BCUT2D eigenvalue weighted by molar-refractivity contribution is 0.0576. The molecular formula is C26H29Cl2F2N5O2. The molecule has 1 spiro atoms. The summed E-state index contributed by atoms with van der Waals surface area (Å²) in [5.74, 6) is -0.324. The Hall–Kier alpha value is -2.49. The number of benzene rings is 1. The minimum atomic E-state index is -2.70. The molecule has 1 aromatic carbocycles. The molecule has 0 aliphatic heterocycles. The fraction of sp³-hybridized carbons (Fsp3) is 0.500. The summed E-state index contributed by atoms with van der Waals surface area (Å²) in [6.07, 6.45) is 3.32. The van der Waals surface area contributed by atoms with Crippen LogP contribution in [0.3, 0.4) is 0 Å². The molecule has 37 heavy (non-hydrogen) atoms. The van der Waals surface area contributed by atoms with Crippen LogP contribution in [0.25, 0.3) is 10.9 Å². The molecule has 198 valence electrons. The number of halogens is 4. The van der Waals surface area contributed by atoms with Gasteiger partial charge in [-0.3, -0.25) is 9.48 Å². The predicted molar refractivity (Wildman–Crippen MR) is 139 cm³/mol. The number of fused-ring (bicyclic) bond motifs is 1. The van der Waals surface area contributed by atoms with Crippen LogP contribution in [0.2, 0.25) is 10.2 Å².